The number of ketones is 1. The van der Waals surface area contributed by atoms with E-state index < -0.39 is 5.38 Å². The highest BCUT2D eigenvalue weighted by molar-refractivity contribution is 6.31. The van der Waals surface area contributed by atoms with Gasteiger partial charge in [-0.05, 0) is 18.6 Å². The van der Waals surface area contributed by atoms with Crippen molar-refractivity contribution in [3.63, 3.8) is 0 Å². The van der Waals surface area contributed by atoms with Crippen molar-refractivity contribution in [2.75, 3.05) is 0 Å². The average Bonchev–Trinajstić information content (AvgIpc) is 2.27. The molecular weight excluding hydrogens is 214 g/mol. The lowest BCUT2D eigenvalue weighted by atomic mass is 10.0. The van der Waals surface area contributed by atoms with E-state index in [1.807, 2.05) is 6.07 Å². The number of carbonyl (C=O) groups is 2. The molecule has 4 heteroatoms. The lowest BCUT2D eigenvalue weighted by molar-refractivity contribution is -0.116. The van der Waals surface area contributed by atoms with Crippen LogP contribution in [0.25, 0.3) is 0 Å². The second kappa shape index (κ2) is 4.72. The van der Waals surface area contributed by atoms with Crippen molar-refractivity contribution in [2.24, 2.45) is 0 Å². The van der Waals surface area contributed by atoms with Gasteiger partial charge in [-0.2, -0.15) is 5.26 Å². The van der Waals surface area contributed by atoms with Gasteiger partial charge in [0.2, 0.25) is 0 Å². The van der Waals surface area contributed by atoms with Crippen LogP contribution < -0.4 is 0 Å². The lowest BCUT2D eigenvalue weighted by Crippen LogP contribution is -2.04. The summed E-state index contributed by atoms with van der Waals surface area (Å²) in [7, 11) is 0. The molecule has 1 aromatic carbocycles. The molecule has 0 bridgehead atoms. The molecule has 0 aliphatic heterocycles. The summed E-state index contributed by atoms with van der Waals surface area (Å²) in [6.45, 7) is 1.35. The van der Waals surface area contributed by atoms with Crippen molar-refractivity contribution >= 4 is 23.7 Å². The molecule has 15 heavy (non-hydrogen) atoms. The fraction of sp³-hybridized carbons (Fsp3) is 0.182. The normalized spacial score (nSPS) is 11.5. The highest BCUT2D eigenvalue weighted by Gasteiger charge is 2.17. The van der Waals surface area contributed by atoms with E-state index in [1.165, 1.54) is 25.1 Å². The summed E-state index contributed by atoms with van der Waals surface area (Å²) in [6.07, 6.45) is 0.641. The van der Waals surface area contributed by atoms with Gasteiger partial charge in [0.05, 0.1) is 11.6 Å². The number of alkyl halides is 1. The lowest BCUT2D eigenvalue weighted by Gasteiger charge is -2.07. The van der Waals surface area contributed by atoms with Gasteiger partial charge in [-0.15, -0.1) is 11.6 Å². The quantitative estimate of drug-likeness (QED) is 0.581. The van der Waals surface area contributed by atoms with Crippen LogP contribution in [-0.4, -0.2) is 12.1 Å². The van der Waals surface area contributed by atoms with Gasteiger partial charge in [0.1, 0.15) is 11.7 Å². The molecule has 0 amide bonds. The number of aldehydes is 1. The van der Waals surface area contributed by atoms with E-state index in [9.17, 15) is 9.59 Å². The van der Waals surface area contributed by atoms with Crippen LogP contribution in [-0.2, 0) is 4.79 Å². The molecule has 0 spiro atoms. The maximum Gasteiger partial charge on any atom is 0.152 e. The van der Waals surface area contributed by atoms with E-state index in [4.69, 9.17) is 16.9 Å². The standard InChI is InChI=1S/C11H8ClNO2/c1-7(15)11(12)10-3-2-8(6-14)4-9(10)5-13/h2-4,6,11H,1H3. The van der Waals surface area contributed by atoms with Crippen LogP contribution in [0.3, 0.4) is 0 Å². The van der Waals surface area contributed by atoms with Crippen molar-refractivity contribution in [3.8, 4) is 6.07 Å². The molecule has 1 rings (SSSR count). The van der Waals surface area contributed by atoms with Gasteiger partial charge in [0.25, 0.3) is 0 Å². The number of carbonyl (C=O) groups excluding carboxylic acids is 2. The third-order valence-corrected chi connectivity index (χ3v) is 2.51. The second-order valence-corrected chi connectivity index (χ2v) is 3.49. The predicted octanol–water partition coefficient (Wildman–Crippen LogP) is 2.24. The Morgan fingerprint density at radius 2 is 2.27 bits per heavy atom. The van der Waals surface area contributed by atoms with Gasteiger partial charge >= 0.3 is 0 Å². The van der Waals surface area contributed by atoms with Crippen LogP contribution in [0, 0.1) is 11.3 Å². The largest absolute Gasteiger partial charge is 0.298 e. The van der Waals surface area contributed by atoms with E-state index in [0.29, 0.717) is 17.4 Å². The van der Waals surface area contributed by atoms with Crippen molar-refractivity contribution in [1.29, 1.82) is 5.26 Å². The summed E-state index contributed by atoms with van der Waals surface area (Å²) in [6, 6.07) is 6.39. The minimum absolute atomic E-state index is 0.230. The Labute approximate surface area is 92.3 Å². The first-order chi connectivity index (χ1) is 7.10. The molecule has 76 valence electrons. The third-order valence-electron chi connectivity index (χ3n) is 1.96. The zero-order valence-electron chi connectivity index (χ0n) is 8.03. The van der Waals surface area contributed by atoms with Gasteiger partial charge in [-0.3, -0.25) is 9.59 Å². The first-order valence-corrected chi connectivity index (χ1v) is 4.67. The Morgan fingerprint density at radius 3 is 2.73 bits per heavy atom. The van der Waals surface area contributed by atoms with Crippen LogP contribution in [0.15, 0.2) is 18.2 Å². The van der Waals surface area contributed by atoms with Crippen LogP contribution in [0.1, 0.15) is 33.8 Å². The molecule has 1 aromatic rings. The molecule has 0 aromatic heterocycles. The van der Waals surface area contributed by atoms with E-state index in [1.54, 1.807) is 0 Å². The van der Waals surface area contributed by atoms with Gasteiger partial charge < -0.3 is 0 Å². The summed E-state index contributed by atoms with van der Waals surface area (Å²) in [5.41, 5.74) is 1.09. The predicted molar refractivity (Wildman–Crippen MR) is 55.8 cm³/mol. The third kappa shape index (κ3) is 2.42. The number of benzene rings is 1. The van der Waals surface area contributed by atoms with Crippen molar-refractivity contribution in [3.05, 3.63) is 34.9 Å². The molecular formula is C11H8ClNO2. The molecule has 1 atom stereocenters. The molecule has 1 unspecified atom stereocenters. The van der Waals surface area contributed by atoms with Gasteiger partial charge in [-0.25, -0.2) is 0 Å². The molecule has 0 heterocycles. The Bertz CT molecular complexity index is 448. The monoisotopic (exact) mass is 221 g/mol. The first kappa shape index (κ1) is 11.4. The van der Waals surface area contributed by atoms with Crippen LogP contribution in [0.4, 0.5) is 0 Å². The minimum Gasteiger partial charge on any atom is -0.298 e. The van der Waals surface area contributed by atoms with Crippen molar-refractivity contribution in [2.45, 2.75) is 12.3 Å². The molecule has 0 fully saturated rings. The summed E-state index contributed by atoms with van der Waals surface area (Å²) in [4.78, 5) is 21.5. The highest BCUT2D eigenvalue weighted by Crippen LogP contribution is 2.25. The van der Waals surface area contributed by atoms with Gasteiger partial charge in [0.15, 0.2) is 5.78 Å². The molecule has 0 radical (unpaired) electrons. The number of nitrogens with zero attached hydrogens (tertiary/aromatic N) is 1. The summed E-state index contributed by atoms with van der Waals surface area (Å²) in [5.74, 6) is -0.230. The molecule has 0 aliphatic rings. The number of nitriles is 1. The zero-order chi connectivity index (χ0) is 11.4. The molecule has 0 aliphatic carbocycles. The topological polar surface area (TPSA) is 57.9 Å². The summed E-state index contributed by atoms with van der Waals surface area (Å²) < 4.78 is 0. The Balaban J connectivity index is 3.26. The van der Waals surface area contributed by atoms with Crippen LogP contribution in [0.2, 0.25) is 0 Å². The fourth-order valence-corrected chi connectivity index (χ4v) is 1.37. The van der Waals surface area contributed by atoms with Crippen LogP contribution >= 0.6 is 11.6 Å². The zero-order valence-corrected chi connectivity index (χ0v) is 8.78. The number of hydrogen-bond donors (Lipinski definition) is 0. The van der Waals surface area contributed by atoms with Crippen molar-refractivity contribution < 1.29 is 9.59 Å². The fourth-order valence-electron chi connectivity index (χ4n) is 1.18. The van der Waals surface area contributed by atoms with Crippen molar-refractivity contribution in [1.82, 2.24) is 0 Å². The Hall–Kier alpha value is -1.66. The van der Waals surface area contributed by atoms with Gasteiger partial charge in [-0.1, -0.05) is 12.1 Å². The SMILES string of the molecule is CC(=O)C(Cl)c1ccc(C=O)cc1C#N. The molecule has 0 N–H and O–H groups in total. The maximum absolute atomic E-state index is 11.1. The van der Waals surface area contributed by atoms with E-state index in [-0.39, 0.29) is 11.3 Å². The Kier molecular flexibility index (Phi) is 3.59. The number of halogens is 1. The van der Waals surface area contributed by atoms with E-state index in [2.05, 4.69) is 0 Å². The van der Waals surface area contributed by atoms with Gasteiger partial charge in [0, 0.05) is 5.56 Å². The first-order valence-electron chi connectivity index (χ1n) is 4.24. The second-order valence-electron chi connectivity index (χ2n) is 3.05. The maximum atomic E-state index is 11.1. The summed E-state index contributed by atoms with van der Waals surface area (Å²) in [5, 5.41) is 8.00. The highest BCUT2D eigenvalue weighted by atomic mass is 35.5. The van der Waals surface area contributed by atoms with Crippen LogP contribution in [0.5, 0.6) is 0 Å². The smallest absolute Gasteiger partial charge is 0.152 e. The van der Waals surface area contributed by atoms with E-state index >= 15 is 0 Å². The number of Topliss-reactive ketones (excluding diaryl/α,β-unsaturated/α-hetero) is 1. The molecule has 3 nitrogen and oxygen atoms in total. The van der Waals surface area contributed by atoms with E-state index in [0.717, 1.165) is 0 Å². The molecule has 0 saturated carbocycles. The minimum atomic E-state index is -0.833. The number of rotatable bonds is 3. The summed E-state index contributed by atoms with van der Waals surface area (Å²) >= 11 is 5.83. The Morgan fingerprint density at radius 1 is 1.60 bits per heavy atom. The average molecular weight is 222 g/mol. The molecule has 0 saturated heterocycles. The number of hydrogen-bond acceptors (Lipinski definition) is 3.